The van der Waals surface area contributed by atoms with Gasteiger partial charge in [0.05, 0.1) is 0 Å². The molecular weight excluding hydrogens is 447 g/mol. The van der Waals surface area contributed by atoms with Gasteiger partial charge in [-0.1, -0.05) is 50.9 Å². The summed E-state index contributed by atoms with van der Waals surface area (Å²) in [4.78, 5) is 0. The smallest absolute Gasteiger partial charge is 0.272 e. The molecule has 24 heavy (non-hydrogen) atoms. The van der Waals surface area contributed by atoms with Crippen molar-refractivity contribution in [2.24, 2.45) is 0 Å². The van der Waals surface area contributed by atoms with Crippen LogP contribution >= 0.6 is 24.8 Å². The fourth-order valence-electron chi connectivity index (χ4n) is 1.43. The van der Waals surface area contributed by atoms with Crippen molar-refractivity contribution in [1.82, 2.24) is 0 Å². The molecule has 0 bridgehead atoms. The van der Waals surface area contributed by atoms with Crippen molar-refractivity contribution in [2.45, 2.75) is 39.2 Å². The number of benzene rings is 1. The van der Waals surface area contributed by atoms with E-state index in [1.165, 1.54) is 11.1 Å². The van der Waals surface area contributed by atoms with Crippen molar-refractivity contribution >= 4 is 49.2 Å². The minimum absolute atomic E-state index is 0. The summed E-state index contributed by atoms with van der Waals surface area (Å²) in [5, 5.41) is 0. The van der Waals surface area contributed by atoms with Crippen LogP contribution in [0.1, 0.15) is 11.1 Å². The van der Waals surface area contributed by atoms with Crippen LogP contribution in [0.15, 0.2) is 54.6 Å². The maximum Gasteiger partial charge on any atom is 2.00 e. The van der Waals surface area contributed by atoms with Crippen LogP contribution in [0, 0.1) is 6.08 Å². The van der Waals surface area contributed by atoms with Gasteiger partial charge in [-0.2, -0.15) is 23.8 Å². The third-order valence-corrected chi connectivity index (χ3v) is 2.16. The summed E-state index contributed by atoms with van der Waals surface area (Å²) in [6.45, 7) is 11.2. The van der Waals surface area contributed by atoms with E-state index in [1.54, 1.807) is 0 Å². The van der Waals surface area contributed by atoms with Crippen LogP contribution in [0.2, 0.25) is 32.7 Å². The molecule has 0 spiro atoms. The zero-order valence-corrected chi connectivity index (χ0v) is 21.6. The second-order valence-electron chi connectivity index (χ2n) is 5.26. The third-order valence-electron chi connectivity index (χ3n) is 2.16. The van der Waals surface area contributed by atoms with Crippen molar-refractivity contribution in [2.75, 3.05) is 0 Å². The van der Waals surface area contributed by atoms with E-state index in [0.717, 1.165) is 15.9 Å². The first kappa shape index (κ1) is 31.9. The Hall–Kier alpha value is 0.207. The van der Waals surface area contributed by atoms with Gasteiger partial charge in [-0.15, -0.1) is 42.9 Å². The summed E-state index contributed by atoms with van der Waals surface area (Å²) in [7, 11) is 0.870. The van der Waals surface area contributed by atoms with Gasteiger partial charge in [0, 0.05) is 18.3 Å². The van der Waals surface area contributed by atoms with Crippen LogP contribution in [0.5, 0.6) is 0 Å². The Morgan fingerprint density at radius 3 is 1.79 bits per heavy atom. The largest absolute Gasteiger partial charge is 2.00 e. The Bertz CT molecular complexity index is 452. The molecule has 0 fully saturated rings. The number of hydrogen-bond donors (Lipinski definition) is 0. The SMILES string of the molecule is C[SiH]C.C[Si](C)C.Cl.Cl.[C-]1=Cc2ccccc2C1.[Zr+2].c1cc[cH-]c1. The molecule has 132 valence electrons. The van der Waals surface area contributed by atoms with Crippen LogP contribution < -0.4 is 0 Å². The van der Waals surface area contributed by atoms with Gasteiger partial charge < -0.3 is 0 Å². The molecule has 0 heterocycles. The van der Waals surface area contributed by atoms with Gasteiger partial charge in [0.15, 0.2) is 0 Å². The van der Waals surface area contributed by atoms with Crippen molar-refractivity contribution in [3.8, 4) is 0 Å². The molecule has 0 saturated heterocycles. The van der Waals surface area contributed by atoms with E-state index in [1.807, 2.05) is 30.3 Å². The molecule has 0 N–H and O–H groups in total. The average molecular weight is 477 g/mol. The summed E-state index contributed by atoms with van der Waals surface area (Å²) in [5.74, 6) is 0. The van der Waals surface area contributed by atoms with Gasteiger partial charge in [-0.25, -0.2) is 18.2 Å². The number of hydrogen-bond acceptors (Lipinski definition) is 0. The molecule has 0 unspecified atom stereocenters. The van der Waals surface area contributed by atoms with Crippen molar-refractivity contribution in [3.05, 3.63) is 71.8 Å². The molecule has 3 rings (SSSR count). The fraction of sp³-hybridized carbons (Fsp3) is 0.316. The summed E-state index contributed by atoms with van der Waals surface area (Å²) >= 11 is 0. The van der Waals surface area contributed by atoms with Gasteiger partial charge in [-0.3, -0.25) is 6.08 Å². The molecule has 1 aliphatic rings. The molecule has 2 aromatic rings. The van der Waals surface area contributed by atoms with E-state index in [0.29, 0.717) is 0 Å². The third kappa shape index (κ3) is 20.3. The van der Waals surface area contributed by atoms with Crippen molar-refractivity contribution < 1.29 is 26.2 Å². The van der Waals surface area contributed by atoms with E-state index >= 15 is 0 Å². The standard InChI is InChI=1S/C9H7.C5H5.C3H9Si.C2H7Si.2ClH.Zr/c1-2-5-9-7-3-6-8(9)4-1;1-2-4-5-3-1;1-4(2)3;1-3-2;;;/h1-2,4-6H,7H2;1-5H;1-3H3;3H,1-2H3;2*1H;/q2*-1;;;;;+2. The first-order valence-corrected chi connectivity index (χ1v) is 12.7. The predicted octanol–water partition coefficient (Wildman–Crippen LogP) is 6.20. The average Bonchev–Trinajstić information content (AvgIpc) is 3.14. The Labute approximate surface area is 185 Å². The van der Waals surface area contributed by atoms with Crippen LogP contribution in [-0.4, -0.2) is 18.3 Å². The van der Waals surface area contributed by atoms with E-state index in [4.69, 9.17) is 0 Å². The molecule has 0 aromatic heterocycles. The number of rotatable bonds is 0. The zero-order valence-electron chi connectivity index (χ0n) is 15.4. The number of allylic oxidation sites excluding steroid dienone is 1. The fourth-order valence-corrected chi connectivity index (χ4v) is 1.43. The van der Waals surface area contributed by atoms with Gasteiger partial charge in [-0.05, 0) is 0 Å². The molecule has 0 amide bonds. The van der Waals surface area contributed by atoms with Crippen molar-refractivity contribution in [1.29, 1.82) is 0 Å². The first-order valence-electron chi connectivity index (χ1n) is 7.43. The van der Waals surface area contributed by atoms with Gasteiger partial charge in [0.1, 0.15) is 0 Å². The minimum atomic E-state index is 0. The second kappa shape index (κ2) is 23.2. The monoisotopic (exact) mass is 474 g/mol. The minimum Gasteiger partial charge on any atom is -0.272 e. The van der Waals surface area contributed by atoms with Crippen LogP contribution in [0.3, 0.4) is 0 Å². The molecule has 2 radical (unpaired) electrons. The van der Waals surface area contributed by atoms with Gasteiger partial charge >= 0.3 is 26.2 Å². The number of fused-ring (bicyclic) bond motifs is 1. The topological polar surface area (TPSA) is 0 Å². The van der Waals surface area contributed by atoms with E-state index < -0.39 is 0 Å². The predicted molar refractivity (Wildman–Crippen MR) is 117 cm³/mol. The quantitative estimate of drug-likeness (QED) is 0.314. The summed E-state index contributed by atoms with van der Waals surface area (Å²) in [5.41, 5.74) is 2.73. The van der Waals surface area contributed by atoms with Gasteiger partial charge in [0.25, 0.3) is 0 Å². The molecular formula is C19H30Cl2Si2Zr. The van der Waals surface area contributed by atoms with Crippen molar-refractivity contribution in [3.63, 3.8) is 0 Å². The Morgan fingerprint density at radius 2 is 1.42 bits per heavy atom. The normalized spacial score (nSPS) is 9.08. The molecule has 0 aliphatic heterocycles. The van der Waals surface area contributed by atoms with Gasteiger partial charge in [0.2, 0.25) is 0 Å². The van der Waals surface area contributed by atoms with E-state index in [9.17, 15) is 0 Å². The molecule has 5 heteroatoms. The van der Waals surface area contributed by atoms with E-state index in [2.05, 4.69) is 69.2 Å². The summed E-state index contributed by atoms with van der Waals surface area (Å²) < 4.78 is 0. The molecule has 1 aliphatic carbocycles. The molecule has 0 saturated carbocycles. The molecule has 0 nitrogen and oxygen atoms in total. The Balaban J connectivity index is -0.000000118. The Morgan fingerprint density at radius 1 is 0.958 bits per heavy atom. The van der Waals surface area contributed by atoms with E-state index in [-0.39, 0.29) is 59.8 Å². The summed E-state index contributed by atoms with van der Waals surface area (Å²) in [6.07, 6.45) is 6.21. The second-order valence-corrected chi connectivity index (χ2v) is 9.42. The van der Waals surface area contributed by atoms with Crippen LogP contribution in [-0.2, 0) is 32.6 Å². The summed E-state index contributed by atoms with van der Waals surface area (Å²) in [6, 6.07) is 18.4. The Kier molecular flexibility index (Phi) is 30.9. The molecule has 0 atom stereocenters. The zero-order chi connectivity index (χ0) is 15.9. The molecule has 2 aromatic carbocycles. The number of halogens is 2. The maximum atomic E-state index is 3.16. The van der Waals surface area contributed by atoms with Crippen LogP contribution in [0.4, 0.5) is 0 Å². The van der Waals surface area contributed by atoms with Crippen LogP contribution in [0.25, 0.3) is 6.08 Å². The maximum absolute atomic E-state index is 3.16. The first-order chi connectivity index (χ1) is 10.1.